The third-order valence-electron chi connectivity index (χ3n) is 6.70. The van der Waals surface area contributed by atoms with Crippen LogP contribution < -0.4 is 19.7 Å². The Morgan fingerprint density at radius 1 is 1.05 bits per heavy atom. The summed E-state index contributed by atoms with van der Waals surface area (Å²) in [7, 11) is 1.24. The van der Waals surface area contributed by atoms with Crippen molar-refractivity contribution in [1.29, 1.82) is 0 Å². The molecule has 5 rings (SSSR count). The van der Waals surface area contributed by atoms with E-state index < -0.39 is 29.8 Å². The third kappa shape index (κ3) is 5.56. The summed E-state index contributed by atoms with van der Waals surface area (Å²) in [5.41, 5.74) is 1.52. The molecule has 3 aromatic rings. The van der Waals surface area contributed by atoms with Gasteiger partial charge in [0.15, 0.2) is 5.75 Å². The number of nitrogens with one attached hydrogen (secondary N) is 1. The molecule has 10 nitrogen and oxygen atoms in total. The number of benzene rings is 3. The second kappa shape index (κ2) is 11.3. The van der Waals surface area contributed by atoms with Gasteiger partial charge in [0.25, 0.3) is 5.91 Å². The molecule has 1 unspecified atom stereocenters. The van der Waals surface area contributed by atoms with Crippen molar-refractivity contribution in [1.82, 2.24) is 10.2 Å². The van der Waals surface area contributed by atoms with Crippen molar-refractivity contribution in [2.24, 2.45) is 0 Å². The number of methoxy groups -OCH3 is 1. The summed E-state index contributed by atoms with van der Waals surface area (Å²) in [6.07, 6.45) is -0.744. The molecule has 4 amide bonds. The van der Waals surface area contributed by atoms with Gasteiger partial charge in [0.2, 0.25) is 11.8 Å². The topological polar surface area (TPSA) is 114 Å². The van der Waals surface area contributed by atoms with Gasteiger partial charge in [-0.25, -0.2) is 14.1 Å². The normalized spacial score (nSPS) is 16.4. The minimum absolute atomic E-state index is 0.131. The van der Waals surface area contributed by atoms with Gasteiger partial charge >= 0.3 is 6.09 Å². The molecule has 0 saturated carbocycles. The van der Waals surface area contributed by atoms with E-state index in [1.807, 2.05) is 0 Å². The maximum absolute atomic E-state index is 13.7. The highest BCUT2D eigenvalue weighted by atomic mass is 19.1. The van der Waals surface area contributed by atoms with Gasteiger partial charge in [-0.15, -0.1) is 0 Å². The van der Waals surface area contributed by atoms with E-state index in [1.165, 1.54) is 35.1 Å². The molecule has 212 valence electrons. The Hall–Kier alpha value is -4.93. The number of hydrogen-bond donors (Lipinski definition) is 1. The zero-order chi connectivity index (χ0) is 29.3. The average molecular weight is 562 g/mol. The van der Waals surface area contributed by atoms with Crippen LogP contribution in [0.4, 0.5) is 20.6 Å². The number of fused-ring (bicyclic) bond motifs is 1. The van der Waals surface area contributed by atoms with Crippen LogP contribution in [0.25, 0.3) is 0 Å². The van der Waals surface area contributed by atoms with Gasteiger partial charge < -0.3 is 19.1 Å². The molecule has 3 aromatic carbocycles. The number of imide groups is 1. The first-order valence-corrected chi connectivity index (χ1v) is 13.0. The first-order valence-electron chi connectivity index (χ1n) is 13.0. The summed E-state index contributed by atoms with van der Waals surface area (Å²) in [5, 5.41) is 2.30. The zero-order valence-electron chi connectivity index (χ0n) is 22.7. The Kier molecular flexibility index (Phi) is 7.60. The number of anilines is 2. The fourth-order valence-corrected chi connectivity index (χ4v) is 4.90. The van der Waals surface area contributed by atoms with Crippen molar-refractivity contribution in [2.45, 2.75) is 45.4 Å². The van der Waals surface area contributed by atoms with E-state index in [0.717, 1.165) is 0 Å². The average Bonchev–Trinajstić information content (AvgIpc) is 3.26. The van der Waals surface area contributed by atoms with Gasteiger partial charge in [0.1, 0.15) is 23.4 Å². The minimum atomic E-state index is -0.801. The summed E-state index contributed by atoms with van der Waals surface area (Å²) < 4.78 is 30.5. The van der Waals surface area contributed by atoms with E-state index in [2.05, 4.69) is 5.32 Å². The lowest BCUT2D eigenvalue weighted by molar-refractivity contribution is -0.136. The number of carbonyl (C=O) groups is 4. The van der Waals surface area contributed by atoms with Crippen LogP contribution in [0.3, 0.4) is 0 Å². The second-order valence-corrected chi connectivity index (χ2v) is 9.87. The van der Waals surface area contributed by atoms with Crippen molar-refractivity contribution >= 4 is 35.2 Å². The molecule has 1 atom stereocenters. The maximum atomic E-state index is 13.7. The lowest BCUT2D eigenvalue weighted by Gasteiger charge is -2.29. The number of ether oxygens (including phenoxy) is 3. The number of halogens is 1. The van der Waals surface area contributed by atoms with Crippen LogP contribution in [-0.4, -0.2) is 48.0 Å². The fraction of sp³-hybridized carbons (Fsp3) is 0.267. The largest absolute Gasteiger partial charge is 0.488 e. The molecule has 0 radical (unpaired) electrons. The van der Waals surface area contributed by atoms with Crippen LogP contribution in [0, 0.1) is 5.82 Å². The summed E-state index contributed by atoms with van der Waals surface area (Å²) >= 11 is 0. The highest BCUT2D eigenvalue weighted by Crippen LogP contribution is 2.43. The number of hydrogen-bond acceptors (Lipinski definition) is 7. The Balaban J connectivity index is 1.51. The molecule has 1 N–H and O–H groups in total. The fourth-order valence-electron chi connectivity index (χ4n) is 4.90. The van der Waals surface area contributed by atoms with Gasteiger partial charge in [0, 0.05) is 19.0 Å². The lowest BCUT2D eigenvalue weighted by Crippen LogP contribution is -2.52. The molecule has 11 heteroatoms. The van der Waals surface area contributed by atoms with Crippen molar-refractivity contribution in [3.05, 3.63) is 77.6 Å². The zero-order valence-corrected chi connectivity index (χ0v) is 22.7. The molecule has 1 fully saturated rings. The number of rotatable bonds is 7. The number of amides is 4. The van der Waals surface area contributed by atoms with Crippen molar-refractivity contribution in [3.63, 3.8) is 0 Å². The monoisotopic (exact) mass is 561 g/mol. The summed E-state index contributed by atoms with van der Waals surface area (Å²) in [6, 6.07) is 14.7. The van der Waals surface area contributed by atoms with Crippen molar-refractivity contribution in [3.8, 4) is 17.2 Å². The van der Waals surface area contributed by atoms with E-state index in [1.54, 1.807) is 56.3 Å². The molecule has 1 saturated heterocycles. The van der Waals surface area contributed by atoms with E-state index in [4.69, 9.17) is 14.2 Å². The summed E-state index contributed by atoms with van der Waals surface area (Å²) in [6.45, 7) is 3.74. The quantitative estimate of drug-likeness (QED) is 0.401. The highest BCUT2D eigenvalue weighted by molar-refractivity contribution is 6.09. The van der Waals surface area contributed by atoms with Gasteiger partial charge in [-0.1, -0.05) is 12.1 Å². The molecule has 41 heavy (non-hydrogen) atoms. The number of carbonyl (C=O) groups excluding carboxylic acids is 4. The van der Waals surface area contributed by atoms with Gasteiger partial charge in [-0.3, -0.25) is 19.7 Å². The molecule has 0 bridgehead atoms. The molecule has 0 aromatic heterocycles. The highest BCUT2D eigenvalue weighted by Gasteiger charge is 2.42. The number of nitrogens with zero attached hydrogens (tertiary/aromatic N) is 2. The SMILES string of the molecule is COC(=O)N(c1ccc(Oc2cccc(F)c2)cc1)c1ccc2c(c1OC(C)C)C(=O)N(C1CCC(=O)NC1=O)C2. The Morgan fingerprint density at radius 3 is 2.46 bits per heavy atom. The number of piperidine rings is 1. The first-order chi connectivity index (χ1) is 19.7. The van der Waals surface area contributed by atoms with E-state index in [9.17, 15) is 23.6 Å². The van der Waals surface area contributed by atoms with E-state index in [-0.39, 0.29) is 48.4 Å². The van der Waals surface area contributed by atoms with Gasteiger partial charge in [-0.05, 0) is 68.3 Å². The molecular formula is C30H28FN3O7. The molecular weight excluding hydrogens is 533 g/mol. The van der Waals surface area contributed by atoms with Crippen LogP contribution in [-0.2, 0) is 20.9 Å². The third-order valence-corrected chi connectivity index (χ3v) is 6.70. The van der Waals surface area contributed by atoms with Crippen LogP contribution in [0.5, 0.6) is 17.2 Å². The predicted octanol–water partition coefficient (Wildman–Crippen LogP) is 5.07. The van der Waals surface area contributed by atoms with Crippen molar-refractivity contribution < 1.29 is 37.8 Å². The van der Waals surface area contributed by atoms with Crippen LogP contribution >= 0.6 is 0 Å². The molecule has 0 spiro atoms. The van der Waals surface area contributed by atoms with E-state index in [0.29, 0.717) is 22.7 Å². The van der Waals surface area contributed by atoms with E-state index >= 15 is 0 Å². The van der Waals surface area contributed by atoms with Gasteiger partial charge in [0.05, 0.1) is 30.2 Å². The smallest absolute Gasteiger partial charge is 0.418 e. The molecule has 2 aliphatic heterocycles. The second-order valence-electron chi connectivity index (χ2n) is 9.87. The molecule has 2 heterocycles. The maximum Gasteiger partial charge on any atom is 0.418 e. The van der Waals surface area contributed by atoms with Gasteiger partial charge in [-0.2, -0.15) is 0 Å². The summed E-state index contributed by atoms with van der Waals surface area (Å²) in [4.78, 5) is 53.7. The minimum Gasteiger partial charge on any atom is -0.488 e. The Morgan fingerprint density at radius 2 is 1.80 bits per heavy atom. The van der Waals surface area contributed by atoms with Crippen LogP contribution in [0.2, 0.25) is 0 Å². The molecule has 2 aliphatic rings. The predicted molar refractivity (Wildman–Crippen MR) is 146 cm³/mol. The summed E-state index contributed by atoms with van der Waals surface area (Å²) in [5.74, 6) is -0.873. The Bertz CT molecular complexity index is 1520. The van der Waals surface area contributed by atoms with Crippen LogP contribution in [0.15, 0.2) is 60.7 Å². The van der Waals surface area contributed by atoms with Crippen LogP contribution in [0.1, 0.15) is 42.6 Å². The Labute approximate surface area is 235 Å². The first kappa shape index (κ1) is 27.6. The van der Waals surface area contributed by atoms with Crippen molar-refractivity contribution in [2.75, 3.05) is 12.0 Å². The lowest BCUT2D eigenvalue weighted by atomic mass is 10.0. The standard InChI is InChI=1S/C30H28FN3O7/c1-17(2)40-27-23(12-7-18-16-33(29(37)26(18)27)24-13-14-25(35)32-28(24)36)34(30(38)39-3)20-8-10-21(11-9-20)41-22-6-4-5-19(31)15-22/h4-12,15,17,24H,13-14,16H2,1-3H3,(H,32,35,36). The molecule has 0 aliphatic carbocycles.